The van der Waals surface area contributed by atoms with Crippen molar-refractivity contribution in [3.8, 4) is 0 Å². The van der Waals surface area contributed by atoms with E-state index >= 15 is 0 Å². The van der Waals surface area contributed by atoms with Crippen molar-refractivity contribution in [3.05, 3.63) is 0 Å². The van der Waals surface area contributed by atoms with Crippen LogP contribution in [0.1, 0.15) is 34.1 Å². The maximum absolute atomic E-state index is 11.8. The number of amides is 1. The van der Waals surface area contributed by atoms with Crippen LogP contribution >= 0.6 is 0 Å². The predicted molar refractivity (Wildman–Crippen MR) is 62.3 cm³/mol. The number of carbonyl (C=O) groups is 2. The van der Waals surface area contributed by atoms with Crippen molar-refractivity contribution in [1.29, 1.82) is 0 Å². The highest BCUT2D eigenvalue weighted by Crippen LogP contribution is 2.12. The Kier molecular flexibility index (Phi) is 6.03. The van der Waals surface area contributed by atoms with Gasteiger partial charge in [-0.05, 0) is 33.7 Å². The van der Waals surface area contributed by atoms with Crippen LogP contribution in [0.25, 0.3) is 0 Å². The molecule has 0 atom stereocenters. The molecule has 5 nitrogen and oxygen atoms in total. The Morgan fingerprint density at radius 1 is 1.31 bits per heavy atom. The highest BCUT2D eigenvalue weighted by atomic mass is 16.4. The lowest BCUT2D eigenvalue weighted by Crippen LogP contribution is -2.51. The maximum Gasteiger partial charge on any atom is 0.323 e. The van der Waals surface area contributed by atoms with Gasteiger partial charge in [0.25, 0.3) is 0 Å². The summed E-state index contributed by atoms with van der Waals surface area (Å²) in [7, 11) is 0. The number of hydrogen-bond donors (Lipinski definition) is 2. The lowest BCUT2D eigenvalue weighted by atomic mass is 10.1. The van der Waals surface area contributed by atoms with Crippen LogP contribution in [0.15, 0.2) is 0 Å². The maximum atomic E-state index is 11.8. The summed E-state index contributed by atoms with van der Waals surface area (Å²) in [6.45, 7) is 8.19. The zero-order chi connectivity index (χ0) is 12.8. The first-order chi connectivity index (χ1) is 7.29. The van der Waals surface area contributed by atoms with E-state index in [0.717, 1.165) is 13.0 Å². The third-order valence-corrected chi connectivity index (χ3v) is 2.11. The van der Waals surface area contributed by atoms with E-state index in [0.29, 0.717) is 0 Å². The summed E-state index contributed by atoms with van der Waals surface area (Å²) in [4.78, 5) is 23.8. The number of aliphatic carboxylic acids is 1. The average molecular weight is 230 g/mol. The standard InChI is InChI=1S/C11H22N2O3/c1-5-6-12-7-9(14)13(8-10(15)16)11(2,3)4/h12H,5-8H2,1-4H3,(H,15,16). The molecule has 0 aliphatic rings. The molecule has 0 aromatic rings. The number of nitrogens with zero attached hydrogens (tertiary/aromatic N) is 1. The SMILES string of the molecule is CCCNCC(=O)N(CC(=O)O)C(C)(C)C. The molecule has 1 amide bonds. The fourth-order valence-corrected chi connectivity index (χ4v) is 1.30. The van der Waals surface area contributed by atoms with Gasteiger partial charge < -0.3 is 15.3 Å². The number of hydrogen-bond acceptors (Lipinski definition) is 3. The first-order valence-corrected chi connectivity index (χ1v) is 5.52. The minimum atomic E-state index is -0.987. The molecule has 0 aliphatic heterocycles. The van der Waals surface area contributed by atoms with Crippen LogP contribution in [0.5, 0.6) is 0 Å². The lowest BCUT2D eigenvalue weighted by Gasteiger charge is -2.34. The molecule has 0 spiro atoms. The first kappa shape index (κ1) is 14.9. The minimum Gasteiger partial charge on any atom is -0.480 e. The van der Waals surface area contributed by atoms with Crippen LogP contribution in [0.3, 0.4) is 0 Å². The highest BCUT2D eigenvalue weighted by molar-refractivity contribution is 5.83. The summed E-state index contributed by atoms with van der Waals surface area (Å²) in [6.07, 6.45) is 0.946. The zero-order valence-electron chi connectivity index (χ0n) is 10.5. The molecule has 0 bridgehead atoms. The van der Waals surface area contributed by atoms with E-state index in [1.54, 1.807) is 0 Å². The molecular formula is C11H22N2O3. The average Bonchev–Trinajstić information content (AvgIpc) is 2.12. The van der Waals surface area contributed by atoms with Crippen LogP contribution in [-0.4, -0.2) is 47.1 Å². The van der Waals surface area contributed by atoms with E-state index in [-0.39, 0.29) is 19.0 Å². The van der Waals surface area contributed by atoms with Crippen LogP contribution in [0, 0.1) is 0 Å². The largest absolute Gasteiger partial charge is 0.480 e. The summed E-state index contributed by atoms with van der Waals surface area (Å²) < 4.78 is 0. The topological polar surface area (TPSA) is 69.6 Å². The second-order valence-corrected chi connectivity index (χ2v) is 4.72. The Morgan fingerprint density at radius 3 is 2.25 bits per heavy atom. The number of rotatable bonds is 6. The molecule has 0 radical (unpaired) electrons. The molecule has 0 unspecified atom stereocenters. The number of carboxylic acid groups (broad SMARTS) is 1. The molecule has 0 rings (SSSR count). The molecule has 0 fully saturated rings. The van der Waals surface area contributed by atoms with Crippen molar-refractivity contribution in [2.45, 2.75) is 39.7 Å². The van der Waals surface area contributed by atoms with Crippen molar-refractivity contribution in [3.63, 3.8) is 0 Å². The van der Waals surface area contributed by atoms with Gasteiger partial charge >= 0.3 is 5.97 Å². The van der Waals surface area contributed by atoms with Crippen LogP contribution in [0.2, 0.25) is 0 Å². The smallest absolute Gasteiger partial charge is 0.323 e. The van der Waals surface area contributed by atoms with Gasteiger partial charge in [-0.1, -0.05) is 6.92 Å². The third-order valence-electron chi connectivity index (χ3n) is 2.11. The molecule has 0 saturated heterocycles. The molecule has 0 heterocycles. The Morgan fingerprint density at radius 2 is 1.88 bits per heavy atom. The summed E-state index contributed by atoms with van der Waals surface area (Å²) in [6, 6.07) is 0. The van der Waals surface area contributed by atoms with Crippen molar-refractivity contribution in [1.82, 2.24) is 10.2 Å². The van der Waals surface area contributed by atoms with Gasteiger partial charge in [0.15, 0.2) is 0 Å². The fourth-order valence-electron chi connectivity index (χ4n) is 1.30. The summed E-state index contributed by atoms with van der Waals surface area (Å²) in [5.74, 6) is -1.16. The Bertz CT molecular complexity index is 246. The molecule has 0 aromatic heterocycles. The lowest BCUT2D eigenvalue weighted by molar-refractivity contribution is -0.147. The summed E-state index contributed by atoms with van der Waals surface area (Å²) in [5, 5.41) is 11.7. The minimum absolute atomic E-state index is 0.177. The summed E-state index contributed by atoms with van der Waals surface area (Å²) >= 11 is 0. The van der Waals surface area contributed by atoms with E-state index in [2.05, 4.69) is 5.32 Å². The van der Waals surface area contributed by atoms with Gasteiger partial charge in [-0.15, -0.1) is 0 Å². The molecule has 94 valence electrons. The van der Waals surface area contributed by atoms with Gasteiger partial charge in [0.05, 0.1) is 6.54 Å². The molecule has 0 aliphatic carbocycles. The normalized spacial score (nSPS) is 11.2. The second-order valence-electron chi connectivity index (χ2n) is 4.72. The van der Waals surface area contributed by atoms with E-state index in [9.17, 15) is 9.59 Å². The van der Waals surface area contributed by atoms with Crippen molar-refractivity contribution in [2.24, 2.45) is 0 Å². The zero-order valence-corrected chi connectivity index (χ0v) is 10.5. The van der Waals surface area contributed by atoms with Crippen molar-refractivity contribution in [2.75, 3.05) is 19.6 Å². The quantitative estimate of drug-likeness (QED) is 0.659. The van der Waals surface area contributed by atoms with Crippen LogP contribution in [0.4, 0.5) is 0 Å². The molecular weight excluding hydrogens is 208 g/mol. The van der Waals surface area contributed by atoms with E-state index in [4.69, 9.17) is 5.11 Å². The first-order valence-electron chi connectivity index (χ1n) is 5.52. The molecule has 0 saturated carbocycles. The van der Waals surface area contributed by atoms with Gasteiger partial charge in [0, 0.05) is 5.54 Å². The van der Waals surface area contributed by atoms with E-state index in [1.807, 2.05) is 27.7 Å². The summed E-state index contributed by atoms with van der Waals surface area (Å²) in [5.41, 5.74) is -0.469. The van der Waals surface area contributed by atoms with Crippen LogP contribution < -0.4 is 5.32 Å². The van der Waals surface area contributed by atoms with Crippen molar-refractivity contribution < 1.29 is 14.7 Å². The highest BCUT2D eigenvalue weighted by Gasteiger charge is 2.27. The van der Waals surface area contributed by atoms with Gasteiger partial charge in [0.1, 0.15) is 6.54 Å². The number of nitrogens with one attached hydrogen (secondary N) is 1. The Labute approximate surface area is 96.8 Å². The van der Waals surface area contributed by atoms with Gasteiger partial charge in [-0.2, -0.15) is 0 Å². The Hall–Kier alpha value is -1.10. The fraction of sp³-hybridized carbons (Fsp3) is 0.818. The molecule has 16 heavy (non-hydrogen) atoms. The predicted octanol–water partition coefficient (Wildman–Crippen LogP) is 0.698. The monoisotopic (exact) mass is 230 g/mol. The molecule has 5 heteroatoms. The number of carbonyl (C=O) groups excluding carboxylic acids is 1. The third kappa shape index (κ3) is 5.70. The molecule has 0 aromatic carbocycles. The molecule has 2 N–H and O–H groups in total. The Balaban J connectivity index is 4.39. The van der Waals surface area contributed by atoms with Gasteiger partial charge in [-0.3, -0.25) is 9.59 Å². The van der Waals surface area contributed by atoms with Crippen molar-refractivity contribution >= 4 is 11.9 Å². The van der Waals surface area contributed by atoms with E-state index < -0.39 is 11.5 Å². The second kappa shape index (κ2) is 6.48. The van der Waals surface area contributed by atoms with Crippen LogP contribution in [-0.2, 0) is 9.59 Å². The van der Waals surface area contributed by atoms with E-state index in [1.165, 1.54) is 4.90 Å². The number of carboxylic acids is 1. The van der Waals surface area contributed by atoms with Gasteiger partial charge in [0.2, 0.25) is 5.91 Å². The van der Waals surface area contributed by atoms with Gasteiger partial charge in [-0.25, -0.2) is 0 Å².